The van der Waals surface area contributed by atoms with Gasteiger partial charge >= 0.3 is 0 Å². The standard InChI is InChI=1S/C24H19N3O4S2/c1-27(15-18-6-4-14-31-18)33(29,30)19-11-8-17(9-12-19)23(28)26-24-25-22-20-7-3-2-5-16(20)10-13-21(22)32-24/h2-14H,15H2,1H3,(H,25,26,28). The van der Waals surface area contributed by atoms with E-state index in [0.29, 0.717) is 16.5 Å². The van der Waals surface area contributed by atoms with E-state index in [1.54, 1.807) is 12.1 Å². The maximum absolute atomic E-state index is 12.8. The lowest BCUT2D eigenvalue weighted by Gasteiger charge is -2.16. The molecule has 0 saturated heterocycles. The average molecular weight is 478 g/mol. The molecule has 0 spiro atoms. The molecule has 0 atom stereocenters. The molecule has 0 bridgehead atoms. The number of aromatic nitrogens is 1. The number of furan rings is 1. The van der Waals surface area contributed by atoms with Gasteiger partial charge in [-0.15, -0.1) is 0 Å². The Hall–Kier alpha value is -3.53. The van der Waals surface area contributed by atoms with Gasteiger partial charge in [0.1, 0.15) is 5.76 Å². The number of anilines is 1. The van der Waals surface area contributed by atoms with E-state index < -0.39 is 10.0 Å². The van der Waals surface area contributed by atoms with Crippen LogP contribution in [0.25, 0.3) is 21.0 Å². The number of amides is 1. The molecule has 0 aliphatic carbocycles. The molecule has 5 aromatic rings. The van der Waals surface area contributed by atoms with Crippen LogP contribution in [0.4, 0.5) is 5.13 Å². The number of rotatable bonds is 6. The number of hydrogen-bond donors (Lipinski definition) is 1. The zero-order valence-corrected chi connectivity index (χ0v) is 19.2. The van der Waals surface area contributed by atoms with Gasteiger partial charge in [0.25, 0.3) is 5.91 Å². The number of carbonyl (C=O) groups is 1. The predicted molar refractivity (Wildman–Crippen MR) is 129 cm³/mol. The molecule has 5 rings (SSSR count). The van der Waals surface area contributed by atoms with Gasteiger partial charge in [0, 0.05) is 18.0 Å². The quantitative estimate of drug-likeness (QED) is 0.367. The number of fused-ring (bicyclic) bond motifs is 3. The lowest BCUT2D eigenvalue weighted by Crippen LogP contribution is -2.26. The SMILES string of the molecule is CN(Cc1ccco1)S(=O)(=O)c1ccc(C(=O)Nc2nc3c(ccc4ccccc43)s2)cc1. The first-order valence-electron chi connectivity index (χ1n) is 10.1. The molecular weight excluding hydrogens is 458 g/mol. The van der Waals surface area contributed by atoms with E-state index in [1.807, 2.05) is 36.4 Å². The maximum atomic E-state index is 12.8. The molecule has 3 aromatic carbocycles. The molecule has 0 aliphatic heterocycles. The summed E-state index contributed by atoms with van der Waals surface area (Å²) in [6, 6.07) is 21.2. The summed E-state index contributed by atoms with van der Waals surface area (Å²) in [7, 11) is -2.24. The van der Waals surface area contributed by atoms with Crippen LogP contribution in [0.5, 0.6) is 0 Å². The third-order valence-corrected chi connectivity index (χ3v) is 8.04. The van der Waals surface area contributed by atoms with Crippen LogP contribution in [0, 0.1) is 0 Å². The van der Waals surface area contributed by atoms with Crippen LogP contribution in [-0.2, 0) is 16.6 Å². The van der Waals surface area contributed by atoms with Gasteiger partial charge in [-0.3, -0.25) is 10.1 Å². The highest BCUT2D eigenvalue weighted by molar-refractivity contribution is 7.89. The molecule has 0 radical (unpaired) electrons. The second kappa shape index (κ2) is 8.43. The minimum Gasteiger partial charge on any atom is -0.468 e. The number of nitrogens with one attached hydrogen (secondary N) is 1. The predicted octanol–water partition coefficient (Wildman–Crippen LogP) is 5.12. The molecule has 0 unspecified atom stereocenters. The molecule has 7 nitrogen and oxygen atoms in total. The normalized spacial score (nSPS) is 11.9. The van der Waals surface area contributed by atoms with Gasteiger partial charge < -0.3 is 4.42 Å². The van der Waals surface area contributed by atoms with Crippen molar-refractivity contribution in [3.63, 3.8) is 0 Å². The molecular formula is C24H19N3O4S2. The lowest BCUT2D eigenvalue weighted by atomic mass is 10.1. The van der Waals surface area contributed by atoms with Crippen LogP contribution in [0.3, 0.4) is 0 Å². The van der Waals surface area contributed by atoms with E-state index in [1.165, 1.54) is 53.2 Å². The van der Waals surface area contributed by atoms with Gasteiger partial charge in [-0.2, -0.15) is 4.31 Å². The van der Waals surface area contributed by atoms with E-state index in [9.17, 15) is 13.2 Å². The number of carbonyl (C=O) groups excluding carboxylic acids is 1. The Morgan fingerprint density at radius 1 is 1.03 bits per heavy atom. The van der Waals surface area contributed by atoms with Crippen molar-refractivity contribution in [2.24, 2.45) is 0 Å². The average Bonchev–Trinajstić information content (AvgIpc) is 3.48. The number of benzene rings is 3. The highest BCUT2D eigenvalue weighted by atomic mass is 32.2. The molecule has 166 valence electrons. The third-order valence-electron chi connectivity index (χ3n) is 5.29. The number of thiazole rings is 1. The summed E-state index contributed by atoms with van der Waals surface area (Å²) in [6.45, 7) is 0.115. The summed E-state index contributed by atoms with van der Waals surface area (Å²) < 4.78 is 33.0. The zero-order chi connectivity index (χ0) is 23.0. The Morgan fingerprint density at radius 2 is 1.82 bits per heavy atom. The Bertz CT molecular complexity index is 1560. The molecule has 1 N–H and O–H groups in total. The van der Waals surface area contributed by atoms with E-state index in [0.717, 1.165) is 21.0 Å². The first kappa shape index (κ1) is 21.3. The second-order valence-corrected chi connectivity index (χ2v) is 10.5. The summed E-state index contributed by atoms with van der Waals surface area (Å²) in [6.07, 6.45) is 1.50. The minimum atomic E-state index is -3.72. The molecule has 0 aliphatic rings. The molecule has 9 heteroatoms. The Morgan fingerprint density at radius 3 is 2.58 bits per heavy atom. The lowest BCUT2D eigenvalue weighted by molar-refractivity contribution is 0.102. The molecule has 0 fully saturated rings. The van der Waals surface area contributed by atoms with E-state index in [2.05, 4.69) is 10.3 Å². The number of hydrogen-bond acceptors (Lipinski definition) is 6. The third kappa shape index (κ3) is 4.13. The fourth-order valence-electron chi connectivity index (χ4n) is 3.55. The highest BCUT2D eigenvalue weighted by Crippen LogP contribution is 2.32. The van der Waals surface area contributed by atoms with Crippen molar-refractivity contribution < 1.29 is 17.6 Å². The fourth-order valence-corrected chi connectivity index (χ4v) is 5.56. The Labute approximate surface area is 194 Å². The topological polar surface area (TPSA) is 92.5 Å². The van der Waals surface area contributed by atoms with Gasteiger partial charge in [-0.1, -0.05) is 41.7 Å². The maximum Gasteiger partial charge on any atom is 0.257 e. The Balaban J connectivity index is 1.34. The monoisotopic (exact) mass is 477 g/mol. The van der Waals surface area contributed by atoms with Gasteiger partial charge in [-0.05, 0) is 47.9 Å². The van der Waals surface area contributed by atoms with Crippen LogP contribution >= 0.6 is 11.3 Å². The first-order valence-corrected chi connectivity index (χ1v) is 12.4. The van der Waals surface area contributed by atoms with Crippen molar-refractivity contribution in [2.75, 3.05) is 12.4 Å². The van der Waals surface area contributed by atoms with Crippen LogP contribution in [0.2, 0.25) is 0 Å². The fraction of sp³-hybridized carbons (Fsp3) is 0.0833. The summed E-state index contributed by atoms with van der Waals surface area (Å²) in [5.74, 6) is 0.187. The van der Waals surface area contributed by atoms with Gasteiger partial charge in [0.2, 0.25) is 10.0 Å². The van der Waals surface area contributed by atoms with Crippen LogP contribution < -0.4 is 5.32 Å². The van der Waals surface area contributed by atoms with Crippen molar-refractivity contribution >= 4 is 53.4 Å². The number of sulfonamides is 1. The molecule has 2 heterocycles. The van der Waals surface area contributed by atoms with Crippen molar-refractivity contribution in [3.8, 4) is 0 Å². The second-order valence-electron chi connectivity index (χ2n) is 7.47. The summed E-state index contributed by atoms with van der Waals surface area (Å²) in [5, 5.41) is 5.42. The minimum absolute atomic E-state index is 0.0968. The van der Waals surface area contributed by atoms with Crippen molar-refractivity contribution in [3.05, 3.63) is 90.4 Å². The number of nitrogens with zero attached hydrogens (tertiary/aromatic N) is 2. The van der Waals surface area contributed by atoms with Crippen LogP contribution in [0.15, 0.2) is 88.4 Å². The van der Waals surface area contributed by atoms with E-state index >= 15 is 0 Å². The van der Waals surface area contributed by atoms with Crippen molar-refractivity contribution in [1.82, 2.24) is 9.29 Å². The summed E-state index contributed by atoms with van der Waals surface area (Å²) >= 11 is 1.39. The van der Waals surface area contributed by atoms with E-state index in [4.69, 9.17) is 4.42 Å². The molecule has 33 heavy (non-hydrogen) atoms. The molecule has 1 amide bonds. The first-order chi connectivity index (χ1) is 15.9. The van der Waals surface area contributed by atoms with Gasteiger partial charge in [0.05, 0.1) is 27.9 Å². The smallest absolute Gasteiger partial charge is 0.257 e. The molecule has 0 saturated carbocycles. The van der Waals surface area contributed by atoms with Crippen LogP contribution in [0.1, 0.15) is 16.1 Å². The Kier molecular flexibility index (Phi) is 5.45. The highest BCUT2D eigenvalue weighted by Gasteiger charge is 2.22. The van der Waals surface area contributed by atoms with E-state index in [-0.39, 0.29) is 17.3 Å². The van der Waals surface area contributed by atoms with Crippen molar-refractivity contribution in [1.29, 1.82) is 0 Å². The summed E-state index contributed by atoms with van der Waals surface area (Å²) in [5.41, 5.74) is 1.18. The molecule has 2 aromatic heterocycles. The van der Waals surface area contributed by atoms with Crippen molar-refractivity contribution in [2.45, 2.75) is 11.4 Å². The zero-order valence-electron chi connectivity index (χ0n) is 17.6. The van der Waals surface area contributed by atoms with Gasteiger partial charge in [-0.25, -0.2) is 13.4 Å². The van der Waals surface area contributed by atoms with Crippen LogP contribution in [-0.4, -0.2) is 30.7 Å². The largest absolute Gasteiger partial charge is 0.468 e. The summed E-state index contributed by atoms with van der Waals surface area (Å²) in [4.78, 5) is 17.4. The van der Waals surface area contributed by atoms with Gasteiger partial charge in [0.15, 0.2) is 5.13 Å².